The number of ether oxygens (including phenoxy) is 2. The molecule has 1 unspecified atom stereocenters. The molecule has 1 fully saturated rings. The van der Waals surface area contributed by atoms with E-state index in [1.54, 1.807) is 4.90 Å². The van der Waals surface area contributed by atoms with Crippen molar-refractivity contribution in [3.63, 3.8) is 0 Å². The second-order valence-corrected chi connectivity index (χ2v) is 7.14. The Morgan fingerprint density at radius 3 is 2.69 bits per heavy atom. The number of hydrogen-bond donors (Lipinski definition) is 1. The molecule has 2 rings (SSSR count). The fraction of sp³-hybridized carbons (Fsp3) is 0.600. The molecule has 26 heavy (non-hydrogen) atoms. The lowest BCUT2D eigenvalue weighted by Gasteiger charge is -2.39. The summed E-state index contributed by atoms with van der Waals surface area (Å²) in [4.78, 5) is 25.8. The number of likely N-dealkylation sites (tertiary alicyclic amines) is 1. The van der Waals surface area contributed by atoms with Crippen LogP contribution in [0.2, 0.25) is 0 Å². The van der Waals surface area contributed by atoms with E-state index in [9.17, 15) is 14.7 Å². The molecule has 1 aliphatic heterocycles. The molecular formula is C20H29NO5. The van der Waals surface area contributed by atoms with Gasteiger partial charge in [-0.05, 0) is 56.4 Å². The fourth-order valence-corrected chi connectivity index (χ4v) is 3.35. The second-order valence-electron chi connectivity index (χ2n) is 7.14. The molecule has 0 radical (unpaired) electrons. The van der Waals surface area contributed by atoms with Crippen LogP contribution in [0.15, 0.2) is 18.2 Å². The summed E-state index contributed by atoms with van der Waals surface area (Å²) < 4.78 is 10.8. The smallest absolute Gasteiger partial charge is 0.313 e. The normalized spacial score (nSPS) is 20.0. The molecular weight excluding hydrogens is 334 g/mol. The van der Waals surface area contributed by atoms with Crippen LogP contribution in [0.1, 0.15) is 36.8 Å². The van der Waals surface area contributed by atoms with Crippen molar-refractivity contribution >= 4 is 11.9 Å². The van der Waals surface area contributed by atoms with E-state index in [0.29, 0.717) is 38.8 Å². The molecule has 6 heteroatoms. The molecule has 1 aliphatic rings. The lowest BCUT2D eigenvalue weighted by atomic mass is 9.80. The summed E-state index contributed by atoms with van der Waals surface area (Å²) in [5, 5.41) is 9.56. The average molecular weight is 363 g/mol. The van der Waals surface area contributed by atoms with E-state index in [-0.39, 0.29) is 19.1 Å². The largest absolute Gasteiger partial charge is 0.494 e. The van der Waals surface area contributed by atoms with Crippen LogP contribution < -0.4 is 4.74 Å². The number of carbonyl (C=O) groups is 2. The van der Waals surface area contributed by atoms with Crippen molar-refractivity contribution in [3.8, 4) is 5.75 Å². The van der Waals surface area contributed by atoms with Gasteiger partial charge in [-0.25, -0.2) is 0 Å². The second kappa shape index (κ2) is 9.03. The number of benzene rings is 1. The van der Waals surface area contributed by atoms with Gasteiger partial charge in [-0.1, -0.05) is 6.07 Å². The van der Waals surface area contributed by atoms with Gasteiger partial charge in [-0.15, -0.1) is 0 Å². The van der Waals surface area contributed by atoms with Crippen LogP contribution in [-0.4, -0.2) is 55.3 Å². The third-order valence-electron chi connectivity index (χ3n) is 5.09. The molecule has 0 spiro atoms. The first-order valence-electron chi connectivity index (χ1n) is 9.08. The Bertz CT molecular complexity index is 641. The predicted molar refractivity (Wildman–Crippen MR) is 98.4 cm³/mol. The van der Waals surface area contributed by atoms with Crippen molar-refractivity contribution in [1.82, 2.24) is 4.90 Å². The number of carbonyl (C=O) groups excluding carboxylic acids is 1. The number of carboxylic acid groups (broad SMARTS) is 1. The lowest BCUT2D eigenvalue weighted by Crippen LogP contribution is -2.52. The van der Waals surface area contributed by atoms with Crippen LogP contribution in [0, 0.1) is 19.3 Å². The van der Waals surface area contributed by atoms with Gasteiger partial charge in [0.25, 0.3) is 0 Å². The topological polar surface area (TPSA) is 76.1 Å². The Morgan fingerprint density at radius 2 is 2.04 bits per heavy atom. The van der Waals surface area contributed by atoms with Crippen molar-refractivity contribution < 1.29 is 24.2 Å². The van der Waals surface area contributed by atoms with E-state index in [2.05, 4.69) is 6.92 Å². The molecule has 0 aliphatic carbocycles. The SMILES string of the molecule is COCC1(C(=O)O)CCCN(C(=O)CCCOc2ccc(C)c(C)c2)C1. The summed E-state index contributed by atoms with van der Waals surface area (Å²) in [6.45, 7) is 5.50. The molecule has 0 bridgehead atoms. The summed E-state index contributed by atoms with van der Waals surface area (Å²) in [6.07, 6.45) is 2.18. The van der Waals surface area contributed by atoms with Gasteiger partial charge in [0, 0.05) is 26.6 Å². The number of rotatable bonds is 8. The molecule has 0 saturated carbocycles. The molecule has 6 nitrogen and oxygen atoms in total. The fourth-order valence-electron chi connectivity index (χ4n) is 3.35. The van der Waals surface area contributed by atoms with Crippen molar-refractivity contribution in [2.24, 2.45) is 5.41 Å². The Balaban J connectivity index is 1.81. The van der Waals surface area contributed by atoms with E-state index in [0.717, 1.165) is 5.75 Å². The summed E-state index contributed by atoms with van der Waals surface area (Å²) in [5.74, 6) is -0.103. The minimum absolute atomic E-state index is 0.0184. The third kappa shape index (κ3) is 4.97. The van der Waals surface area contributed by atoms with Gasteiger partial charge >= 0.3 is 5.97 Å². The Labute approximate surface area is 155 Å². The zero-order valence-corrected chi connectivity index (χ0v) is 15.9. The van der Waals surface area contributed by atoms with Crippen molar-refractivity contribution in [2.75, 3.05) is 33.4 Å². The number of aryl methyl sites for hydroxylation is 2. The summed E-state index contributed by atoms with van der Waals surface area (Å²) in [6, 6.07) is 5.94. The van der Waals surface area contributed by atoms with Gasteiger partial charge < -0.3 is 19.5 Å². The first kappa shape index (κ1) is 20.2. The summed E-state index contributed by atoms with van der Waals surface area (Å²) in [7, 11) is 1.50. The quantitative estimate of drug-likeness (QED) is 0.719. The summed E-state index contributed by atoms with van der Waals surface area (Å²) >= 11 is 0. The van der Waals surface area contributed by atoms with Crippen molar-refractivity contribution in [3.05, 3.63) is 29.3 Å². The minimum Gasteiger partial charge on any atom is -0.494 e. The van der Waals surface area contributed by atoms with Gasteiger partial charge in [0.15, 0.2) is 0 Å². The Kier molecular flexibility index (Phi) is 7.03. The highest BCUT2D eigenvalue weighted by Crippen LogP contribution is 2.31. The van der Waals surface area contributed by atoms with Gasteiger partial charge in [-0.2, -0.15) is 0 Å². The van der Waals surface area contributed by atoms with E-state index in [1.165, 1.54) is 18.2 Å². The van der Waals surface area contributed by atoms with E-state index >= 15 is 0 Å². The van der Waals surface area contributed by atoms with E-state index < -0.39 is 11.4 Å². The van der Waals surface area contributed by atoms with Crippen molar-refractivity contribution in [2.45, 2.75) is 39.5 Å². The number of nitrogens with zero attached hydrogens (tertiary/aromatic N) is 1. The zero-order chi connectivity index (χ0) is 19.2. The molecule has 1 atom stereocenters. The van der Waals surface area contributed by atoms with Gasteiger partial charge in [0.2, 0.25) is 5.91 Å². The Morgan fingerprint density at radius 1 is 1.27 bits per heavy atom. The van der Waals surface area contributed by atoms with E-state index in [1.807, 2.05) is 25.1 Å². The molecule has 0 aromatic heterocycles. The number of carboxylic acids is 1. The number of hydrogen-bond acceptors (Lipinski definition) is 4. The van der Waals surface area contributed by atoms with Crippen LogP contribution in [0.5, 0.6) is 5.75 Å². The Hall–Kier alpha value is -2.08. The van der Waals surface area contributed by atoms with Crippen LogP contribution in [-0.2, 0) is 14.3 Å². The number of aliphatic carboxylic acids is 1. The highest BCUT2D eigenvalue weighted by molar-refractivity contribution is 5.79. The van der Waals surface area contributed by atoms with E-state index in [4.69, 9.17) is 9.47 Å². The maximum Gasteiger partial charge on any atom is 0.313 e. The molecule has 1 heterocycles. The monoisotopic (exact) mass is 363 g/mol. The van der Waals surface area contributed by atoms with Crippen LogP contribution in [0.4, 0.5) is 0 Å². The molecule has 1 aromatic carbocycles. The first-order chi connectivity index (χ1) is 12.4. The highest BCUT2D eigenvalue weighted by Gasteiger charge is 2.43. The molecule has 1 saturated heterocycles. The van der Waals surface area contributed by atoms with Crippen LogP contribution >= 0.6 is 0 Å². The third-order valence-corrected chi connectivity index (χ3v) is 5.09. The number of piperidine rings is 1. The average Bonchev–Trinajstić information content (AvgIpc) is 2.62. The summed E-state index contributed by atoms with van der Waals surface area (Å²) in [5.41, 5.74) is 1.41. The number of methoxy groups -OCH3 is 1. The van der Waals surface area contributed by atoms with Crippen LogP contribution in [0.3, 0.4) is 0 Å². The van der Waals surface area contributed by atoms with Gasteiger partial charge in [0.05, 0.1) is 13.2 Å². The molecule has 1 N–H and O–H groups in total. The minimum atomic E-state index is -0.988. The zero-order valence-electron chi connectivity index (χ0n) is 15.9. The highest BCUT2D eigenvalue weighted by atomic mass is 16.5. The lowest BCUT2D eigenvalue weighted by molar-refractivity contribution is -0.159. The predicted octanol–water partition coefficient (Wildman–Crippen LogP) is 2.80. The standard InChI is InChI=1S/C20H29NO5/c1-15-7-8-17(12-16(15)2)26-11-4-6-18(22)21-10-5-9-20(13-21,14-25-3)19(23)24/h7-8,12H,4-6,9-11,13-14H2,1-3H3,(H,23,24). The number of amides is 1. The van der Waals surface area contributed by atoms with Crippen molar-refractivity contribution in [1.29, 1.82) is 0 Å². The molecule has 1 aromatic rings. The maximum absolute atomic E-state index is 12.5. The maximum atomic E-state index is 12.5. The van der Waals surface area contributed by atoms with Gasteiger partial charge in [0.1, 0.15) is 11.2 Å². The van der Waals surface area contributed by atoms with Gasteiger partial charge in [-0.3, -0.25) is 9.59 Å². The first-order valence-corrected chi connectivity index (χ1v) is 9.08. The van der Waals surface area contributed by atoms with Crippen LogP contribution in [0.25, 0.3) is 0 Å². The molecule has 144 valence electrons. The molecule has 1 amide bonds.